The number of hydrogen-bond acceptors (Lipinski definition) is 3. The number of hydrogen-bond donors (Lipinski definition) is 1. The molecule has 110 valence electrons. The smallest absolute Gasteiger partial charge is 0.106 e. The summed E-state index contributed by atoms with van der Waals surface area (Å²) in [7, 11) is 1.72. The summed E-state index contributed by atoms with van der Waals surface area (Å²) in [5.74, 6) is 0.752. The molecule has 0 heterocycles. The Morgan fingerprint density at radius 3 is 2.80 bits per heavy atom. The number of anilines is 1. The van der Waals surface area contributed by atoms with Crippen molar-refractivity contribution in [3.05, 3.63) is 28.8 Å². The van der Waals surface area contributed by atoms with Crippen LogP contribution in [0.4, 0.5) is 5.69 Å². The first-order valence-corrected chi connectivity index (χ1v) is 7.68. The van der Waals surface area contributed by atoms with Gasteiger partial charge in [0.05, 0.1) is 6.61 Å². The van der Waals surface area contributed by atoms with Gasteiger partial charge in [-0.05, 0) is 43.9 Å². The van der Waals surface area contributed by atoms with E-state index in [1.165, 1.54) is 12.8 Å². The van der Waals surface area contributed by atoms with E-state index in [0.29, 0.717) is 22.7 Å². The molecule has 0 radical (unpaired) electrons. The van der Waals surface area contributed by atoms with Crippen molar-refractivity contribution in [2.75, 3.05) is 25.2 Å². The number of nitrogens with two attached hydrogens (primary N) is 1. The highest BCUT2D eigenvalue weighted by Gasteiger charge is 2.33. The minimum atomic E-state index is 0.382. The molecular weight excluding hydrogens is 292 g/mol. The van der Waals surface area contributed by atoms with Crippen molar-refractivity contribution in [2.24, 2.45) is 11.7 Å². The van der Waals surface area contributed by atoms with Crippen LogP contribution in [0, 0.1) is 5.92 Å². The standard InChI is InChI=1S/C15H21ClN2OS/c1-10(11-3-4-11)18(7-8-19-2)14-6-5-12(16)9-13(14)15(17)20/h5-6,9-11H,3-4,7-8H2,1-2H3,(H2,17,20). The number of ether oxygens (including phenoxy) is 1. The maximum absolute atomic E-state index is 6.07. The van der Waals surface area contributed by atoms with Crippen molar-refractivity contribution in [1.29, 1.82) is 0 Å². The molecule has 0 amide bonds. The van der Waals surface area contributed by atoms with Crippen LogP contribution in [0.3, 0.4) is 0 Å². The van der Waals surface area contributed by atoms with Gasteiger partial charge >= 0.3 is 0 Å². The lowest BCUT2D eigenvalue weighted by Gasteiger charge is -2.33. The average Bonchev–Trinajstić information content (AvgIpc) is 3.24. The number of rotatable bonds is 7. The zero-order chi connectivity index (χ0) is 14.7. The Balaban J connectivity index is 2.33. The third-order valence-corrected chi connectivity index (χ3v) is 4.32. The second-order valence-electron chi connectivity index (χ2n) is 5.29. The van der Waals surface area contributed by atoms with Gasteiger partial charge in [0.15, 0.2) is 0 Å². The van der Waals surface area contributed by atoms with Crippen molar-refractivity contribution < 1.29 is 4.74 Å². The molecule has 0 spiro atoms. The van der Waals surface area contributed by atoms with E-state index in [-0.39, 0.29) is 0 Å². The number of benzene rings is 1. The first kappa shape index (κ1) is 15.5. The fraction of sp³-hybridized carbons (Fsp3) is 0.533. The normalized spacial score (nSPS) is 15.9. The Morgan fingerprint density at radius 2 is 2.25 bits per heavy atom. The predicted octanol–water partition coefficient (Wildman–Crippen LogP) is 3.23. The quantitative estimate of drug-likeness (QED) is 0.785. The largest absolute Gasteiger partial charge is 0.389 e. The molecule has 1 aromatic rings. The molecule has 1 unspecified atom stereocenters. The van der Waals surface area contributed by atoms with Crippen LogP contribution in [-0.2, 0) is 4.74 Å². The fourth-order valence-electron chi connectivity index (χ4n) is 2.52. The van der Waals surface area contributed by atoms with Crippen LogP contribution in [0.25, 0.3) is 0 Å². The molecule has 1 saturated carbocycles. The number of nitrogens with zero attached hydrogens (tertiary/aromatic N) is 1. The monoisotopic (exact) mass is 312 g/mol. The van der Waals surface area contributed by atoms with Crippen molar-refractivity contribution in [3.63, 3.8) is 0 Å². The lowest BCUT2D eigenvalue weighted by Crippen LogP contribution is -2.38. The predicted molar refractivity (Wildman–Crippen MR) is 88.7 cm³/mol. The molecule has 0 bridgehead atoms. The maximum atomic E-state index is 6.07. The lowest BCUT2D eigenvalue weighted by molar-refractivity contribution is 0.202. The van der Waals surface area contributed by atoms with E-state index in [0.717, 1.165) is 23.7 Å². The molecule has 2 rings (SSSR count). The van der Waals surface area contributed by atoms with Crippen molar-refractivity contribution in [3.8, 4) is 0 Å². The van der Waals surface area contributed by atoms with Gasteiger partial charge in [-0.25, -0.2) is 0 Å². The first-order chi connectivity index (χ1) is 9.54. The summed E-state index contributed by atoms with van der Waals surface area (Å²) >= 11 is 11.2. The summed E-state index contributed by atoms with van der Waals surface area (Å²) in [4.78, 5) is 2.72. The Kier molecular flexibility index (Phi) is 5.24. The number of thiocarbonyl (C=S) groups is 1. The van der Waals surface area contributed by atoms with Crippen LogP contribution in [0.5, 0.6) is 0 Å². The van der Waals surface area contributed by atoms with Gasteiger partial charge in [-0.15, -0.1) is 0 Å². The van der Waals surface area contributed by atoms with E-state index >= 15 is 0 Å². The fourth-order valence-corrected chi connectivity index (χ4v) is 2.86. The SMILES string of the molecule is COCCN(c1ccc(Cl)cc1C(N)=S)C(C)C1CC1. The topological polar surface area (TPSA) is 38.5 Å². The number of halogens is 1. The third-order valence-electron chi connectivity index (χ3n) is 3.87. The number of methoxy groups -OCH3 is 1. The molecular formula is C15H21ClN2OS. The molecule has 1 aliphatic carbocycles. The van der Waals surface area contributed by atoms with Crippen LogP contribution >= 0.6 is 23.8 Å². The lowest BCUT2D eigenvalue weighted by atomic mass is 10.1. The van der Waals surface area contributed by atoms with Gasteiger partial charge in [0.25, 0.3) is 0 Å². The second-order valence-corrected chi connectivity index (χ2v) is 6.17. The first-order valence-electron chi connectivity index (χ1n) is 6.89. The zero-order valence-corrected chi connectivity index (χ0v) is 13.5. The highest BCUT2D eigenvalue weighted by Crippen LogP contribution is 2.38. The van der Waals surface area contributed by atoms with E-state index in [4.69, 9.17) is 34.3 Å². The zero-order valence-electron chi connectivity index (χ0n) is 11.9. The van der Waals surface area contributed by atoms with Crippen molar-refractivity contribution >= 4 is 34.5 Å². The Bertz CT molecular complexity index is 491. The van der Waals surface area contributed by atoms with E-state index in [1.54, 1.807) is 7.11 Å². The molecule has 1 aromatic carbocycles. The van der Waals surface area contributed by atoms with Gasteiger partial charge in [0, 0.05) is 36.0 Å². The van der Waals surface area contributed by atoms with Gasteiger partial charge in [0.1, 0.15) is 4.99 Å². The summed E-state index contributed by atoms with van der Waals surface area (Å²) < 4.78 is 5.24. The van der Waals surface area contributed by atoms with Crippen molar-refractivity contribution in [1.82, 2.24) is 0 Å². The Hall–Kier alpha value is -0.840. The molecule has 0 aliphatic heterocycles. The molecule has 1 aliphatic rings. The van der Waals surface area contributed by atoms with E-state index in [9.17, 15) is 0 Å². The van der Waals surface area contributed by atoms with E-state index < -0.39 is 0 Å². The molecule has 1 atom stereocenters. The minimum Gasteiger partial charge on any atom is -0.389 e. The van der Waals surface area contributed by atoms with Gasteiger partial charge < -0.3 is 15.4 Å². The van der Waals surface area contributed by atoms with E-state index in [2.05, 4.69) is 11.8 Å². The highest BCUT2D eigenvalue weighted by atomic mass is 35.5. The highest BCUT2D eigenvalue weighted by molar-refractivity contribution is 7.80. The van der Waals surface area contributed by atoms with E-state index in [1.807, 2.05) is 18.2 Å². The molecule has 1 fully saturated rings. The summed E-state index contributed by atoms with van der Waals surface area (Å²) in [6.45, 7) is 3.76. The second kappa shape index (κ2) is 6.74. The summed E-state index contributed by atoms with van der Waals surface area (Å²) in [5, 5.41) is 0.655. The van der Waals surface area contributed by atoms with Gasteiger partial charge in [-0.2, -0.15) is 0 Å². The summed E-state index contributed by atoms with van der Waals surface area (Å²) in [6.07, 6.45) is 2.58. The molecule has 20 heavy (non-hydrogen) atoms. The molecule has 2 N–H and O–H groups in total. The van der Waals surface area contributed by atoms with Crippen LogP contribution in [0.1, 0.15) is 25.3 Å². The van der Waals surface area contributed by atoms with Crippen LogP contribution in [0.2, 0.25) is 5.02 Å². The van der Waals surface area contributed by atoms with Crippen molar-refractivity contribution in [2.45, 2.75) is 25.8 Å². The Labute approximate surface area is 131 Å². The summed E-state index contributed by atoms with van der Waals surface area (Å²) in [6, 6.07) is 6.20. The average molecular weight is 313 g/mol. The summed E-state index contributed by atoms with van der Waals surface area (Å²) in [5.41, 5.74) is 7.75. The molecule has 0 saturated heterocycles. The third kappa shape index (κ3) is 3.62. The van der Waals surface area contributed by atoms with Crippen LogP contribution in [-0.4, -0.2) is 31.3 Å². The molecule has 3 nitrogen and oxygen atoms in total. The van der Waals surface area contributed by atoms with Gasteiger partial charge in [-0.3, -0.25) is 0 Å². The van der Waals surface area contributed by atoms with Gasteiger partial charge in [-0.1, -0.05) is 23.8 Å². The van der Waals surface area contributed by atoms with Crippen LogP contribution in [0.15, 0.2) is 18.2 Å². The maximum Gasteiger partial charge on any atom is 0.106 e. The van der Waals surface area contributed by atoms with Gasteiger partial charge in [0.2, 0.25) is 0 Å². The molecule has 5 heteroatoms. The molecule has 0 aromatic heterocycles. The Morgan fingerprint density at radius 1 is 1.55 bits per heavy atom. The van der Waals surface area contributed by atoms with Crippen LogP contribution < -0.4 is 10.6 Å². The minimum absolute atomic E-state index is 0.382.